The molecule has 1 amide bonds. The number of carbonyl (C=O) groups is 1. The number of amides is 1. The van der Waals surface area contributed by atoms with Crippen LogP contribution in [0, 0.1) is 0 Å². The van der Waals surface area contributed by atoms with Crippen molar-refractivity contribution in [3.8, 4) is 34.5 Å². The van der Waals surface area contributed by atoms with Crippen LogP contribution < -0.4 is 38.0 Å². The molecule has 0 radical (unpaired) electrons. The number of halogens is 1. The number of nitrogens with one attached hydrogen (secondary N) is 1. The van der Waals surface area contributed by atoms with E-state index < -0.39 is 22.5 Å². The van der Waals surface area contributed by atoms with E-state index in [4.69, 9.17) is 40.0 Å². The summed E-state index contributed by atoms with van der Waals surface area (Å²) in [6, 6.07) is 11.6. The Bertz CT molecular complexity index is 1450. The lowest BCUT2D eigenvalue weighted by molar-refractivity contribution is -0.114. The van der Waals surface area contributed by atoms with E-state index in [-0.39, 0.29) is 44.3 Å². The average Bonchev–Trinajstić information content (AvgIpc) is 2.95. The summed E-state index contributed by atoms with van der Waals surface area (Å²) in [5.41, 5.74) is 0.298. The predicted molar refractivity (Wildman–Crippen MR) is 147 cm³/mol. The van der Waals surface area contributed by atoms with Crippen LogP contribution in [-0.4, -0.2) is 63.5 Å². The van der Waals surface area contributed by atoms with E-state index in [9.17, 15) is 13.2 Å². The van der Waals surface area contributed by atoms with E-state index in [1.54, 1.807) is 6.07 Å². The summed E-state index contributed by atoms with van der Waals surface area (Å²) in [5, 5.41) is 2.94. The molecule has 0 aliphatic rings. The molecule has 0 heterocycles. The summed E-state index contributed by atoms with van der Waals surface area (Å²) in [6.07, 6.45) is 0. The van der Waals surface area contributed by atoms with Gasteiger partial charge in [-0.05, 0) is 24.3 Å². The number of methoxy groups -OCH3 is 6. The highest BCUT2D eigenvalue weighted by atomic mass is 35.5. The van der Waals surface area contributed by atoms with Crippen molar-refractivity contribution in [3.05, 3.63) is 53.6 Å². The molecular weight excluding hydrogens is 552 g/mol. The molecule has 0 spiro atoms. The van der Waals surface area contributed by atoms with Gasteiger partial charge >= 0.3 is 0 Å². The minimum absolute atomic E-state index is 0.0717. The molecular formula is C26H29ClN2O9S. The van der Waals surface area contributed by atoms with Gasteiger partial charge in [0.05, 0.1) is 64.0 Å². The van der Waals surface area contributed by atoms with Crippen LogP contribution in [0.1, 0.15) is 0 Å². The monoisotopic (exact) mass is 580 g/mol. The predicted octanol–water partition coefficient (Wildman–Crippen LogP) is 4.23. The number of benzene rings is 3. The zero-order valence-corrected chi connectivity index (χ0v) is 23.8. The molecule has 0 bridgehead atoms. The summed E-state index contributed by atoms with van der Waals surface area (Å²) in [5.74, 6) is 0.925. The summed E-state index contributed by atoms with van der Waals surface area (Å²) in [4.78, 5) is 13.2. The number of hydrogen-bond donors (Lipinski definition) is 1. The van der Waals surface area contributed by atoms with Crippen molar-refractivity contribution in [2.75, 3.05) is 58.8 Å². The van der Waals surface area contributed by atoms with Gasteiger partial charge in [0, 0.05) is 24.3 Å². The third-order valence-corrected chi connectivity index (χ3v) is 7.68. The molecule has 39 heavy (non-hydrogen) atoms. The van der Waals surface area contributed by atoms with Gasteiger partial charge in [0.15, 0.2) is 11.5 Å². The lowest BCUT2D eigenvalue weighted by Gasteiger charge is -2.26. The number of carbonyl (C=O) groups excluding carboxylic acids is 1. The maximum absolute atomic E-state index is 14.0. The molecule has 0 aliphatic carbocycles. The molecule has 0 atom stereocenters. The highest BCUT2D eigenvalue weighted by Gasteiger charge is 2.31. The Kier molecular flexibility index (Phi) is 9.60. The Morgan fingerprint density at radius 3 is 1.95 bits per heavy atom. The second-order valence-corrected chi connectivity index (χ2v) is 10.1. The standard InChI is InChI=1S/C26H29ClN2O9S/c1-33-16-7-9-21(34-2)20(11-16)29(39(31,32)17-8-10-22(35-3)25(12-17)38-6)15-26(30)28-19-14-23(36-4)18(27)13-24(19)37-5/h7-14H,15H2,1-6H3,(H,28,30). The molecule has 0 aliphatic heterocycles. The molecule has 11 nitrogen and oxygen atoms in total. The molecule has 3 rings (SSSR count). The first-order chi connectivity index (χ1) is 18.6. The lowest BCUT2D eigenvalue weighted by Crippen LogP contribution is -2.38. The van der Waals surface area contributed by atoms with Crippen LogP contribution in [0.3, 0.4) is 0 Å². The van der Waals surface area contributed by atoms with Crippen molar-refractivity contribution in [3.63, 3.8) is 0 Å². The van der Waals surface area contributed by atoms with Crippen molar-refractivity contribution < 1.29 is 41.6 Å². The number of sulfonamides is 1. The van der Waals surface area contributed by atoms with Crippen LogP contribution in [-0.2, 0) is 14.8 Å². The van der Waals surface area contributed by atoms with Gasteiger partial charge in [-0.1, -0.05) is 11.6 Å². The molecule has 0 aromatic heterocycles. The van der Waals surface area contributed by atoms with E-state index in [2.05, 4.69) is 5.32 Å². The minimum Gasteiger partial charge on any atom is -0.497 e. The summed E-state index contributed by atoms with van der Waals surface area (Å²) in [6.45, 7) is -0.645. The average molecular weight is 581 g/mol. The van der Waals surface area contributed by atoms with Crippen LogP contribution in [0.5, 0.6) is 34.5 Å². The molecule has 13 heteroatoms. The zero-order valence-electron chi connectivity index (χ0n) is 22.2. The molecule has 0 fully saturated rings. The Labute approximate surface area is 232 Å². The van der Waals surface area contributed by atoms with Crippen molar-refractivity contribution in [1.82, 2.24) is 0 Å². The van der Waals surface area contributed by atoms with Gasteiger partial charge in [-0.25, -0.2) is 8.42 Å². The number of nitrogens with zero attached hydrogens (tertiary/aromatic N) is 1. The SMILES string of the molecule is COc1ccc(OC)c(N(CC(=O)Nc2cc(OC)c(Cl)cc2OC)S(=O)(=O)c2ccc(OC)c(OC)c2)c1. The smallest absolute Gasteiger partial charge is 0.265 e. The van der Waals surface area contributed by atoms with Gasteiger partial charge in [0.2, 0.25) is 5.91 Å². The lowest BCUT2D eigenvalue weighted by atomic mass is 10.2. The quantitative estimate of drug-likeness (QED) is 0.335. The van der Waals surface area contributed by atoms with Gasteiger partial charge in [0.1, 0.15) is 29.5 Å². The Balaban J connectivity index is 2.12. The second kappa shape index (κ2) is 12.7. The highest BCUT2D eigenvalue weighted by Crippen LogP contribution is 2.39. The largest absolute Gasteiger partial charge is 0.497 e. The Hall–Kier alpha value is -4.03. The van der Waals surface area contributed by atoms with E-state index in [1.165, 1.54) is 85.1 Å². The zero-order chi connectivity index (χ0) is 28.7. The number of anilines is 2. The number of ether oxygens (including phenoxy) is 6. The van der Waals surface area contributed by atoms with Crippen molar-refractivity contribution in [2.24, 2.45) is 0 Å². The number of hydrogen-bond acceptors (Lipinski definition) is 9. The van der Waals surface area contributed by atoms with Crippen molar-refractivity contribution in [2.45, 2.75) is 4.90 Å². The van der Waals surface area contributed by atoms with Crippen LogP contribution in [0.25, 0.3) is 0 Å². The fraction of sp³-hybridized carbons (Fsp3) is 0.269. The van der Waals surface area contributed by atoms with Gasteiger partial charge in [-0.3, -0.25) is 9.10 Å². The van der Waals surface area contributed by atoms with Gasteiger partial charge in [-0.2, -0.15) is 0 Å². The fourth-order valence-electron chi connectivity index (χ4n) is 3.67. The maximum Gasteiger partial charge on any atom is 0.265 e. The highest BCUT2D eigenvalue weighted by molar-refractivity contribution is 7.92. The first-order valence-electron chi connectivity index (χ1n) is 11.3. The van der Waals surface area contributed by atoms with E-state index >= 15 is 0 Å². The normalized spacial score (nSPS) is 10.8. The first kappa shape index (κ1) is 29.5. The molecule has 0 saturated heterocycles. The third kappa shape index (κ3) is 6.35. The summed E-state index contributed by atoms with van der Waals surface area (Å²) >= 11 is 6.17. The third-order valence-electron chi connectivity index (χ3n) is 5.63. The first-order valence-corrected chi connectivity index (χ1v) is 13.1. The molecule has 3 aromatic rings. The Morgan fingerprint density at radius 1 is 0.744 bits per heavy atom. The molecule has 3 aromatic carbocycles. The van der Waals surface area contributed by atoms with Crippen LogP contribution in [0.15, 0.2) is 53.4 Å². The number of rotatable bonds is 12. The molecule has 0 saturated carbocycles. The minimum atomic E-state index is -4.37. The van der Waals surface area contributed by atoms with E-state index in [1.807, 2.05) is 0 Å². The second-order valence-electron chi connectivity index (χ2n) is 7.80. The molecule has 1 N–H and O–H groups in total. The van der Waals surface area contributed by atoms with E-state index in [0.29, 0.717) is 11.5 Å². The van der Waals surface area contributed by atoms with E-state index in [0.717, 1.165) is 4.31 Å². The van der Waals surface area contributed by atoms with Crippen LogP contribution in [0.2, 0.25) is 5.02 Å². The van der Waals surface area contributed by atoms with Gasteiger partial charge in [0.25, 0.3) is 10.0 Å². The van der Waals surface area contributed by atoms with Crippen LogP contribution in [0.4, 0.5) is 11.4 Å². The molecule has 0 unspecified atom stereocenters. The van der Waals surface area contributed by atoms with Crippen LogP contribution >= 0.6 is 11.6 Å². The van der Waals surface area contributed by atoms with Gasteiger partial charge < -0.3 is 33.7 Å². The maximum atomic E-state index is 14.0. The summed E-state index contributed by atoms with van der Waals surface area (Å²) < 4.78 is 60.7. The van der Waals surface area contributed by atoms with Gasteiger partial charge in [-0.15, -0.1) is 0 Å². The van der Waals surface area contributed by atoms with Crippen molar-refractivity contribution >= 4 is 38.9 Å². The van der Waals surface area contributed by atoms with Crippen molar-refractivity contribution in [1.29, 1.82) is 0 Å². The molecule has 210 valence electrons. The fourth-order valence-corrected chi connectivity index (χ4v) is 5.34. The summed E-state index contributed by atoms with van der Waals surface area (Å²) in [7, 11) is 4.10. The Morgan fingerprint density at radius 2 is 1.36 bits per heavy atom. The topological polar surface area (TPSA) is 122 Å².